The predicted octanol–water partition coefficient (Wildman–Crippen LogP) is 5.82. The Bertz CT molecular complexity index is 850. The molecule has 1 atom stereocenters. The van der Waals surface area contributed by atoms with Gasteiger partial charge >= 0.3 is 0 Å². The van der Waals surface area contributed by atoms with Gasteiger partial charge in [0.1, 0.15) is 0 Å². The molecular formula is C24H29ClN2OS. The highest BCUT2D eigenvalue weighted by atomic mass is 35.5. The van der Waals surface area contributed by atoms with Crippen LogP contribution in [-0.2, 0) is 12.0 Å². The fourth-order valence-electron chi connectivity index (χ4n) is 5.68. The van der Waals surface area contributed by atoms with Gasteiger partial charge in [0.2, 0.25) is 0 Å². The molecular weight excluding hydrogens is 400 g/mol. The maximum absolute atomic E-state index is 10.1. The van der Waals surface area contributed by atoms with Crippen molar-refractivity contribution in [3.63, 3.8) is 0 Å². The zero-order valence-electron chi connectivity index (χ0n) is 16.8. The Hall–Kier alpha value is -1.23. The van der Waals surface area contributed by atoms with Crippen molar-refractivity contribution in [2.24, 2.45) is 5.92 Å². The molecule has 3 nitrogen and oxygen atoms in total. The van der Waals surface area contributed by atoms with Gasteiger partial charge in [-0.3, -0.25) is 0 Å². The van der Waals surface area contributed by atoms with Gasteiger partial charge in [0.25, 0.3) is 0 Å². The van der Waals surface area contributed by atoms with Crippen LogP contribution in [0.25, 0.3) is 0 Å². The molecule has 1 aliphatic heterocycles. The molecule has 5 heteroatoms. The van der Waals surface area contributed by atoms with E-state index in [9.17, 15) is 5.11 Å². The number of halogens is 1. The Morgan fingerprint density at radius 2 is 1.90 bits per heavy atom. The SMILES string of the molecule is OCc1cc(C23CCC(CC2)CC3)ccc1N1CC[C@H](Sc2ccc(Cl)cn2)C1. The summed E-state index contributed by atoms with van der Waals surface area (Å²) in [4.78, 5) is 6.87. The molecule has 1 aromatic heterocycles. The summed E-state index contributed by atoms with van der Waals surface area (Å²) in [7, 11) is 0. The van der Waals surface area contributed by atoms with Crippen LogP contribution >= 0.6 is 23.4 Å². The van der Waals surface area contributed by atoms with E-state index in [1.165, 1.54) is 49.8 Å². The molecule has 29 heavy (non-hydrogen) atoms. The molecule has 2 heterocycles. The smallest absolute Gasteiger partial charge is 0.0964 e. The average Bonchev–Trinajstić information content (AvgIpc) is 3.24. The lowest BCUT2D eigenvalue weighted by molar-refractivity contribution is 0.135. The molecule has 6 rings (SSSR count). The van der Waals surface area contributed by atoms with Crippen LogP contribution in [0.5, 0.6) is 0 Å². The highest BCUT2D eigenvalue weighted by Crippen LogP contribution is 2.52. The summed E-state index contributed by atoms with van der Waals surface area (Å²) in [6.07, 6.45) is 11.0. The minimum atomic E-state index is 0.120. The largest absolute Gasteiger partial charge is 0.392 e. The number of fused-ring (bicyclic) bond motifs is 3. The van der Waals surface area contributed by atoms with Crippen LogP contribution in [0.3, 0.4) is 0 Å². The van der Waals surface area contributed by atoms with Crippen molar-refractivity contribution < 1.29 is 5.11 Å². The minimum Gasteiger partial charge on any atom is -0.392 e. The Morgan fingerprint density at radius 1 is 1.10 bits per heavy atom. The van der Waals surface area contributed by atoms with Crippen molar-refractivity contribution in [2.75, 3.05) is 18.0 Å². The maximum atomic E-state index is 10.1. The van der Waals surface area contributed by atoms with Gasteiger partial charge in [-0.25, -0.2) is 4.98 Å². The van der Waals surface area contributed by atoms with Crippen molar-refractivity contribution in [1.82, 2.24) is 4.98 Å². The van der Waals surface area contributed by atoms with Gasteiger partial charge in [-0.05, 0) is 80.0 Å². The van der Waals surface area contributed by atoms with E-state index in [2.05, 4.69) is 28.1 Å². The lowest BCUT2D eigenvalue weighted by Crippen LogP contribution is -2.37. The van der Waals surface area contributed by atoms with Crippen LogP contribution in [0.15, 0.2) is 41.6 Å². The average molecular weight is 429 g/mol. The number of pyridine rings is 1. The summed E-state index contributed by atoms with van der Waals surface area (Å²) in [6, 6.07) is 10.9. The van der Waals surface area contributed by atoms with E-state index in [4.69, 9.17) is 11.6 Å². The highest BCUT2D eigenvalue weighted by Gasteiger charge is 2.41. The summed E-state index contributed by atoms with van der Waals surface area (Å²) in [5.74, 6) is 0.975. The first-order valence-corrected chi connectivity index (χ1v) is 12.2. The quantitative estimate of drug-likeness (QED) is 0.650. The van der Waals surface area contributed by atoms with Crippen LogP contribution < -0.4 is 4.90 Å². The third-order valence-corrected chi connectivity index (χ3v) is 8.85. The Balaban J connectivity index is 1.31. The molecule has 1 saturated heterocycles. The fourth-order valence-corrected chi connectivity index (χ4v) is 6.87. The third kappa shape index (κ3) is 3.92. The summed E-state index contributed by atoms with van der Waals surface area (Å²) in [5, 5.41) is 12.4. The van der Waals surface area contributed by atoms with E-state index >= 15 is 0 Å². The molecule has 0 amide bonds. The molecule has 4 fully saturated rings. The Kier molecular flexibility index (Phi) is 5.53. The van der Waals surface area contributed by atoms with Crippen LogP contribution in [0, 0.1) is 5.92 Å². The lowest BCUT2D eigenvalue weighted by Gasteiger charge is -2.47. The predicted molar refractivity (Wildman–Crippen MR) is 121 cm³/mol. The number of hydrogen-bond acceptors (Lipinski definition) is 4. The molecule has 2 bridgehead atoms. The minimum absolute atomic E-state index is 0.120. The van der Waals surface area contributed by atoms with Crippen LogP contribution in [0.1, 0.15) is 56.1 Å². The van der Waals surface area contributed by atoms with Gasteiger partial charge in [-0.15, -0.1) is 11.8 Å². The molecule has 0 radical (unpaired) electrons. The van der Waals surface area contributed by atoms with E-state index in [-0.39, 0.29) is 6.61 Å². The molecule has 3 aliphatic carbocycles. The molecule has 0 unspecified atom stereocenters. The van der Waals surface area contributed by atoms with Gasteiger partial charge in [0.05, 0.1) is 16.7 Å². The first-order chi connectivity index (χ1) is 14.1. The van der Waals surface area contributed by atoms with E-state index in [1.54, 1.807) is 6.20 Å². The number of aliphatic hydroxyl groups is 1. The van der Waals surface area contributed by atoms with E-state index in [1.807, 2.05) is 23.9 Å². The van der Waals surface area contributed by atoms with Crippen molar-refractivity contribution >= 4 is 29.1 Å². The van der Waals surface area contributed by atoms with E-state index in [0.29, 0.717) is 15.7 Å². The van der Waals surface area contributed by atoms with Crippen LogP contribution in [-0.4, -0.2) is 28.4 Å². The standard InChI is InChI=1S/C24H29ClN2OS/c25-20-2-4-23(26-14-20)29-21-8-12-27(15-21)22-3-1-19(13-18(22)16-28)24-9-5-17(6-10-24)7-11-24/h1-4,13-14,17,21,28H,5-12,15-16H2/t17?,21-,24?/m0/s1. The number of hydrogen-bond donors (Lipinski definition) is 1. The number of thioether (sulfide) groups is 1. The molecule has 1 N–H and O–H groups in total. The lowest BCUT2D eigenvalue weighted by atomic mass is 9.58. The van der Waals surface area contributed by atoms with Crippen LogP contribution in [0.2, 0.25) is 5.02 Å². The highest BCUT2D eigenvalue weighted by molar-refractivity contribution is 7.99. The zero-order valence-corrected chi connectivity index (χ0v) is 18.4. The third-order valence-electron chi connectivity index (χ3n) is 7.43. The molecule has 1 aromatic carbocycles. The number of rotatable bonds is 5. The number of anilines is 1. The molecule has 4 aliphatic rings. The van der Waals surface area contributed by atoms with Crippen molar-refractivity contribution in [1.29, 1.82) is 0 Å². The van der Waals surface area contributed by atoms with Gasteiger partial charge < -0.3 is 10.0 Å². The second-order valence-electron chi connectivity index (χ2n) is 9.05. The summed E-state index contributed by atoms with van der Waals surface area (Å²) < 4.78 is 0. The zero-order chi connectivity index (χ0) is 19.8. The fraction of sp³-hybridized carbons (Fsp3) is 0.542. The topological polar surface area (TPSA) is 36.4 Å². The molecule has 154 valence electrons. The Labute approximate surface area is 182 Å². The van der Waals surface area contributed by atoms with Crippen molar-refractivity contribution in [2.45, 2.75) is 67.2 Å². The van der Waals surface area contributed by atoms with Gasteiger partial charge in [-0.1, -0.05) is 23.7 Å². The number of nitrogens with zero attached hydrogens (tertiary/aromatic N) is 2. The van der Waals surface area contributed by atoms with Crippen molar-refractivity contribution in [3.8, 4) is 0 Å². The normalized spacial score (nSPS) is 28.8. The van der Waals surface area contributed by atoms with Crippen LogP contribution in [0.4, 0.5) is 5.69 Å². The van der Waals surface area contributed by atoms with Crippen molar-refractivity contribution in [3.05, 3.63) is 52.7 Å². The molecule has 3 saturated carbocycles. The monoisotopic (exact) mass is 428 g/mol. The maximum Gasteiger partial charge on any atom is 0.0964 e. The Morgan fingerprint density at radius 3 is 2.59 bits per heavy atom. The molecule has 2 aromatic rings. The van der Waals surface area contributed by atoms with Gasteiger partial charge in [-0.2, -0.15) is 0 Å². The first-order valence-electron chi connectivity index (χ1n) is 10.9. The van der Waals surface area contributed by atoms with E-state index < -0.39 is 0 Å². The number of aliphatic hydroxyl groups excluding tert-OH is 1. The number of aromatic nitrogens is 1. The number of benzene rings is 1. The molecule has 0 spiro atoms. The van der Waals surface area contributed by atoms with E-state index in [0.717, 1.165) is 36.0 Å². The summed E-state index contributed by atoms with van der Waals surface area (Å²) in [5.41, 5.74) is 4.16. The van der Waals surface area contributed by atoms with Gasteiger partial charge in [0, 0.05) is 35.8 Å². The summed E-state index contributed by atoms with van der Waals surface area (Å²) in [6.45, 7) is 2.15. The first kappa shape index (κ1) is 19.7. The second kappa shape index (κ2) is 8.13. The summed E-state index contributed by atoms with van der Waals surface area (Å²) >= 11 is 7.78. The van der Waals surface area contributed by atoms with Gasteiger partial charge in [0.15, 0.2) is 0 Å². The second-order valence-corrected chi connectivity index (χ2v) is 10.8.